The van der Waals surface area contributed by atoms with Gasteiger partial charge in [0.1, 0.15) is 11.6 Å². The zero-order valence-corrected chi connectivity index (χ0v) is 20.2. The minimum atomic E-state index is -0.201. The number of nitrogens with zero attached hydrogens (tertiary/aromatic N) is 3. The number of amides is 1. The van der Waals surface area contributed by atoms with E-state index in [9.17, 15) is 9.18 Å². The highest BCUT2D eigenvalue weighted by Gasteiger charge is 2.27. The van der Waals surface area contributed by atoms with Crippen LogP contribution in [-0.4, -0.2) is 33.4 Å². The van der Waals surface area contributed by atoms with E-state index in [1.54, 1.807) is 18.7 Å². The zero-order valence-electron chi connectivity index (χ0n) is 19.4. The zero-order chi connectivity index (χ0) is 22.9. The molecule has 4 nitrogen and oxygen atoms in total. The van der Waals surface area contributed by atoms with Crippen molar-refractivity contribution in [2.75, 3.05) is 13.1 Å². The molecule has 0 N–H and O–H groups in total. The third-order valence-corrected chi connectivity index (χ3v) is 7.27. The van der Waals surface area contributed by atoms with Crippen LogP contribution in [0.4, 0.5) is 4.39 Å². The summed E-state index contributed by atoms with van der Waals surface area (Å²) < 4.78 is 15.5. The lowest BCUT2D eigenvalue weighted by Crippen LogP contribution is -2.38. The highest BCUT2D eigenvalue weighted by Crippen LogP contribution is 2.32. The van der Waals surface area contributed by atoms with Gasteiger partial charge in [0.25, 0.3) is 0 Å². The molecule has 1 aromatic heterocycles. The molecule has 0 unspecified atom stereocenters. The second-order valence-electron chi connectivity index (χ2n) is 9.81. The molecule has 1 aliphatic rings. The van der Waals surface area contributed by atoms with Gasteiger partial charge in [-0.1, -0.05) is 32.9 Å². The molecule has 1 fully saturated rings. The topological polar surface area (TPSA) is 38.1 Å². The fourth-order valence-electron chi connectivity index (χ4n) is 4.39. The van der Waals surface area contributed by atoms with Gasteiger partial charge in [0, 0.05) is 42.6 Å². The molecule has 1 aliphatic heterocycles. The van der Waals surface area contributed by atoms with Gasteiger partial charge in [0.15, 0.2) is 0 Å². The average Bonchev–Trinajstić information content (AvgIpc) is 3.12. The van der Waals surface area contributed by atoms with Crippen LogP contribution in [0.15, 0.2) is 47.4 Å². The van der Waals surface area contributed by atoms with Crippen LogP contribution in [0.25, 0.3) is 11.0 Å². The van der Waals surface area contributed by atoms with Gasteiger partial charge in [-0.3, -0.25) is 4.79 Å². The third-order valence-electron chi connectivity index (χ3n) is 6.21. The van der Waals surface area contributed by atoms with Crippen molar-refractivity contribution in [3.8, 4) is 0 Å². The number of carbonyl (C=O) groups is 1. The molecular weight excluding hydrogens is 421 g/mol. The first-order valence-electron chi connectivity index (χ1n) is 11.3. The number of piperidine rings is 1. The van der Waals surface area contributed by atoms with Crippen molar-refractivity contribution in [2.24, 2.45) is 5.92 Å². The van der Waals surface area contributed by atoms with Gasteiger partial charge in [-0.2, -0.15) is 0 Å². The van der Waals surface area contributed by atoms with Crippen LogP contribution in [0.5, 0.6) is 0 Å². The first-order chi connectivity index (χ1) is 15.2. The average molecular weight is 454 g/mol. The number of hydrogen-bond donors (Lipinski definition) is 0. The van der Waals surface area contributed by atoms with Crippen molar-refractivity contribution in [3.63, 3.8) is 0 Å². The highest BCUT2D eigenvalue weighted by molar-refractivity contribution is 7.98. The van der Waals surface area contributed by atoms with Gasteiger partial charge >= 0.3 is 0 Å². The smallest absolute Gasteiger partial charge is 0.219 e. The molecule has 1 amide bonds. The lowest BCUT2D eigenvalue weighted by molar-refractivity contribution is -0.130. The Morgan fingerprint density at radius 2 is 1.81 bits per heavy atom. The summed E-state index contributed by atoms with van der Waals surface area (Å²) in [6.07, 6.45) is 2.07. The molecule has 0 aliphatic carbocycles. The summed E-state index contributed by atoms with van der Waals surface area (Å²) in [7, 11) is 0. The first kappa shape index (κ1) is 22.8. The van der Waals surface area contributed by atoms with Crippen LogP contribution in [0.2, 0.25) is 0 Å². The second kappa shape index (κ2) is 9.26. The van der Waals surface area contributed by atoms with E-state index in [-0.39, 0.29) is 17.1 Å². The Morgan fingerprint density at radius 1 is 1.12 bits per heavy atom. The minimum absolute atomic E-state index is 0.0550. The van der Waals surface area contributed by atoms with E-state index in [4.69, 9.17) is 4.98 Å². The Morgan fingerprint density at radius 3 is 2.44 bits per heavy atom. The molecule has 1 saturated heterocycles. The minimum Gasteiger partial charge on any atom is -0.343 e. The molecule has 0 radical (unpaired) electrons. The lowest BCUT2D eigenvalue weighted by Gasteiger charge is -2.32. The van der Waals surface area contributed by atoms with E-state index in [1.807, 2.05) is 17.0 Å². The first-order valence-corrected chi connectivity index (χ1v) is 12.3. The van der Waals surface area contributed by atoms with Crippen molar-refractivity contribution < 1.29 is 9.18 Å². The molecule has 32 heavy (non-hydrogen) atoms. The monoisotopic (exact) mass is 453 g/mol. The Labute approximate surface area is 194 Å². The van der Waals surface area contributed by atoms with Crippen molar-refractivity contribution in [1.82, 2.24) is 14.5 Å². The molecule has 0 spiro atoms. The number of carbonyl (C=O) groups excluding carboxylic acids is 1. The van der Waals surface area contributed by atoms with Gasteiger partial charge in [-0.15, -0.1) is 11.8 Å². The number of fused-ring (bicyclic) bond motifs is 1. The highest BCUT2D eigenvalue weighted by atomic mass is 32.2. The van der Waals surface area contributed by atoms with Gasteiger partial charge < -0.3 is 9.47 Å². The number of benzene rings is 2. The molecule has 0 saturated carbocycles. The summed E-state index contributed by atoms with van der Waals surface area (Å²) in [5.41, 5.74) is 3.25. The predicted octanol–water partition coefficient (Wildman–Crippen LogP) is 6.02. The fraction of sp³-hybridized carbons (Fsp3) is 0.462. The van der Waals surface area contributed by atoms with Crippen LogP contribution in [0, 0.1) is 11.7 Å². The molecule has 6 heteroatoms. The van der Waals surface area contributed by atoms with Gasteiger partial charge in [-0.25, -0.2) is 9.37 Å². The van der Waals surface area contributed by atoms with Crippen molar-refractivity contribution in [1.29, 1.82) is 0 Å². The largest absolute Gasteiger partial charge is 0.343 e. The molecule has 4 rings (SSSR count). The number of hydrogen-bond acceptors (Lipinski definition) is 3. The number of likely N-dealkylation sites (tertiary alicyclic amines) is 1. The van der Waals surface area contributed by atoms with E-state index in [0.29, 0.717) is 5.92 Å². The van der Waals surface area contributed by atoms with Crippen LogP contribution in [0.1, 0.15) is 51.9 Å². The molecule has 2 heterocycles. The molecule has 0 bridgehead atoms. The molecule has 0 atom stereocenters. The molecule has 2 aromatic carbocycles. The molecule has 170 valence electrons. The Kier molecular flexibility index (Phi) is 6.61. The number of imidazole rings is 1. The maximum absolute atomic E-state index is 13.1. The van der Waals surface area contributed by atoms with Crippen LogP contribution < -0.4 is 0 Å². The Balaban J connectivity index is 1.55. The Hall–Kier alpha value is -2.34. The predicted molar refractivity (Wildman–Crippen MR) is 129 cm³/mol. The fourth-order valence-corrected chi connectivity index (χ4v) is 5.28. The molecule has 3 aromatic rings. The summed E-state index contributed by atoms with van der Waals surface area (Å²) in [6.45, 7) is 10.9. The number of aromatic nitrogens is 2. The Bertz CT molecular complexity index is 1090. The summed E-state index contributed by atoms with van der Waals surface area (Å²) in [4.78, 5) is 19.8. The summed E-state index contributed by atoms with van der Waals surface area (Å²) in [5, 5.41) is 0. The van der Waals surface area contributed by atoms with E-state index >= 15 is 0 Å². The van der Waals surface area contributed by atoms with E-state index in [1.165, 1.54) is 22.5 Å². The number of rotatable bonds is 5. The molecular formula is C26H32FN3OS. The van der Waals surface area contributed by atoms with Gasteiger partial charge in [0.05, 0.1) is 11.0 Å². The van der Waals surface area contributed by atoms with E-state index in [0.717, 1.165) is 55.1 Å². The van der Waals surface area contributed by atoms with Gasteiger partial charge in [-0.05, 0) is 54.7 Å². The second-order valence-corrected chi connectivity index (χ2v) is 10.9. The van der Waals surface area contributed by atoms with Gasteiger partial charge in [0.2, 0.25) is 5.91 Å². The summed E-state index contributed by atoms with van der Waals surface area (Å²) in [5.74, 6) is 2.44. The van der Waals surface area contributed by atoms with E-state index in [2.05, 4.69) is 43.5 Å². The SMILES string of the molecule is CC(=O)N1CCC(Cn2c(C(C)(C)C)nc3cc(SCc4ccc(F)cc4)ccc32)CC1. The quantitative estimate of drug-likeness (QED) is 0.443. The summed E-state index contributed by atoms with van der Waals surface area (Å²) >= 11 is 1.75. The van der Waals surface area contributed by atoms with Crippen LogP contribution in [-0.2, 0) is 22.5 Å². The normalized spacial score (nSPS) is 15.5. The van der Waals surface area contributed by atoms with Crippen molar-refractivity contribution in [2.45, 2.75) is 63.1 Å². The summed E-state index contributed by atoms with van der Waals surface area (Å²) in [6, 6.07) is 13.2. The number of halogens is 1. The maximum Gasteiger partial charge on any atom is 0.219 e. The van der Waals surface area contributed by atoms with Crippen LogP contribution in [0.3, 0.4) is 0 Å². The third kappa shape index (κ3) is 5.17. The number of thioether (sulfide) groups is 1. The standard InChI is InChI=1S/C26H32FN3OS/c1-18(31)29-13-11-19(12-14-29)16-30-24-10-9-22(15-23(24)28-25(30)26(2,3)4)32-17-20-5-7-21(27)8-6-20/h5-10,15,19H,11-14,16-17H2,1-4H3. The van der Waals surface area contributed by atoms with Crippen molar-refractivity contribution >= 4 is 28.7 Å². The van der Waals surface area contributed by atoms with Crippen molar-refractivity contribution in [3.05, 3.63) is 59.7 Å². The van der Waals surface area contributed by atoms with E-state index < -0.39 is 0 Å². The van der Waals surface area contributed by atoms with Crippen LogP contribution >= 0.6 is 11.8 Å². The lowest BCUT2D eigenvalue weighted by atomic mass is 9.93. The maximum atomic E-state index is 13.1.